The number of morpholine rings is 1. The van der Waals surface area contributed by atoms with E-state index in [2.05, 4.69) is 21.6 Å². The summed E-state index contributed by atoms with van der Waals surface area (Å²) in [6.45, 7) is 5.82. The van der Waals surface area contributed by atoms with E-state index in [1.165, 1.54) is 0 Å². The molecular formula is C20H30ClN3O3. The summed E-state index contributed by atoms with van der Waals surface area (Å²) in [4.78, 5) is 15.5. The first kappa shape index (κ1) is 20.6. The number of rotatable bonds is 7. The molecule has 1 atom stereocenters. The van der Waals surface area contributed by atoms with Crippen LogP contribution in [0.15, 0.2) is 24.3 Å². The molecule has 0 radical (unpaired) electrons. The van der Waals surface area contributed by atoms with Crippen molar-refractivity contribution in [3.8, 4) is 0 Å². The third-order valence-corrected chi connectivity index (χ3v) is 5.87. The maximum absolute atomic E-state index is 13.1. The quantitative estimate of drug-likeness (QED) is 0.737. The van der Waals surface area contributed by atoms with Gasteiger partial charge in [-0.1, -0.05) is 23.7 Å². The number of nitrogens with one attached hydrogen (secondary N) is 2. The normalized spacial score (nSPS) is 21.6. The van der Waals surface area contributed by atoms with Gasteiger partial charge in [0.1, 0.15) is 0 Å². The highest BCUT2D eigenvalue weighted by Crippen LogP contribution is 2.30. The van der Waals surface area contributed by atoms with E-state index in [-0.39, 0.29) is 11.9 Å². The number of nitrogens with zero attached hydrogens (tertiary/aromatic N) is 1. The molecule has 3 rings (SSSR count). The second kappa shape index (κ2) is 9.85. The number of carbonyl (C=O) groups excluding carboxylic acids is 1. The fraction of sp³-hybridized carbons (Fsp3) is 0.650. The van der Waals surface area contributed by atoms with Gasteiger partial charge in [-0.15, -0.1) is 0 Å². The molecule has 0 bridgehead atoms. The third kappa shape index (κ3) is 5.21. The SMILES string of the molecule is COCC1(C(=O)NCC(c2cccc(Cl)c2)N2CCOCC2)CCNCC1. The van der Waals surface area contributed by atoms with Crippen LogP contribution in [-0.2, 0) is 14.3 Å². The van der Waals surface area contributed by atoms with Gasteiger partial charge in [0.2, 0.25) is 5.91 Å². The van der Waals surface area contributed by atoms with Gasteiger partial charge in [0.25, 0.3) is 0 Å². The van der Waals surface area contributed by atoms with E-state index in [0.29, 0.717) is 31.4 Å². The van der Waals surface area contributed by atoms with Crippen molar-refractivity contribution in [3.63, 3.8) is 0 Å². The Kier molecular flexibility index (Phi) is 7.49. The molecule has 7 heteroatoms. The van der Waals surface area contributed by atoms with E-state index in [9.17, 15) is 4.79 Å². The lowest BCUT2D eigenvalue weighted by molar-refractivity contribution is -0.136. The zero-order chi connectivity index (χ0) is 19.1. The van der Waals surface area contributed by atoms with Crippen LogP contribution in [0.25, 0.3) is 0 Å². The maximum Gasteiger partial charge on any atom is 0.228 e. The highest BCUT2D eigenvalue weighted by molar-refractivity contribution is 6.30. The average molecular weight is 396 g/mol. The van der Waals surface area contributed by atoms with E-state index in [1.807, 2.05) is 18.2 Å². The Morgan fingerprint density at radius 2 is 2.11 bits per heavy atom. The van der Waals surface area contributed by atoms with Crippen LogP contribution in [0.2, 0.25) is 5.02 Å². The number of hydrogen-bond acceptors (Lipinski definition) is 5. The summed E-state index contributed by atoms with van der Waals surface area (Å²) in [5, 5.41) is 7.26. The van der Waals surface area contributed by atoms with Crippen LogP contribution in [0.5, 0.6) is 0 Å². The molecule has 0 saturated carbocycles. The van der Waals surface area contributed by atoms with Crippen LogP contribution >= 0.6 is 11.6 Å². The summed E-state index contributed by atoms with van der Waals surface area (Å²) in [6, 6.07) is 7.99. The maximum atomic E-state index is 13.1. The predicted molar refractivity (Wildman–Crippen MR) is 106 cm³/mol. The highest BCUT2D eigenvalue weighted by atomic mass is 35.5. The van der Waals surface area contributed by atoms with Crippen molar-refractivity contribution in [1.82, 2.24) is 15.5 Å². The number of amides is 1. The fourth-order valence-corrected chi connectivity index (χ4v) is 4.25. The zero-order valence-corrected chi connectivity index (χ0v) is 16.8. The van der Waals surface area contributed by atoms with Gasteiger partial charge in [0, 0.05) is 31.8 Å². The summed E-state index contributed by atoms with van der Waals surface area (Å²) in [6.07, 6.45) is 1.60. The highest BCUT2D eigenvalue weighted by Gasteiger charge is 2.40. The van der Waals surface area contributed by atoms with Gasteiger partial charge in [-0.05, 0) is 43.6 Å². The van der Waals surface area contributed by atoms with Crippen molar-refractivity contribution in [1.29, 1.82) is 0 Å². The van der Waals surface area contributed by atoms with Crippen LogP contribution in [0.1, 0.15) is 24.4 Å². The third-order valence-electron chi connectivity index (χ3n) is 5.64. The summed E-state index contributed by atoms with van der Waals surface area (Å²) in [7, 11) is 1.67. The van der Waals surface area contributed by atoms with E-state index < -0.39 is 5.41 Å². The van der Waals surface area contributed by atoms with Crippen molar-refractivity contribution in [2.75, 3.05) is 59.7 Å². The second-order valence-corrected chi connectivity index (χ2v) is 7.83. The summed E-state index contributed by atoms with van der Waals surface area (Å²) in [5.74, 6) is 0.0890. The van der Waals surface area contributed by atoms with Crippen molar-refractivity contribution < 1.29 is 14.3 Å². The Hall–Kier alpha value is -1.18. The smallest absolute Gasteiger partial charge is 0.228 e. The van der Waals surface area contributed by atoms with Crippen molar-refractivity contribution in [2.24, 2.45) is 5.41 Å². The lowest BCUT2D eigenvalue weighted by Gasteiger charge is -2.38. The molecule has 0 spiro atoms. The first-order valence-corrected chi connectivity index (χ1v) is 10.1. The number of benzene rings is 1. The molecule has 0 aliphatic carbocycles. The molecule has 6 nitrogen and oxygen atoms in total. The molecule has 0 aromatic heterocycles. The van der Waals surface area contributed by atoms with Crippen LogP contribution in [0.3, 0.4) is 0 Å². The van der Waals surface area contributed by atoms with Gasteiger partial charge in [-0.25, -0.2) is 0 Å². The van der Waals surface area contributed by atoms with Gasteiger partial charge < -0.3 is 20.1 Å². The van der Waals surface area contributed by atoms with Gasteiger partial charge in [0.05, 0.1) is 31.3 Å². The molecule has 1 amide bonds. The van der Waals surface area contributed by atoms with Gasteiger partial charge in [-0.3, -0.25) is 9.69 Å². The summed E-state index contributed by atoms with van der Waals surface area (Å²) < 4.78 is 10.9. The molecule has 1 aromatic carbocycles. The number of carbonyl (C=O) groups is 1. The van der Waals surface area contributed by atoms with E-state index in [4.69, 9.17) is 21.1 Å². The first-order valence-electron chi connectivity index (χ1n) is 9.70. The Balaban J connectivity index is 1.72. The number of methoxy groups -OCH3 is 1. The van der Waals surface area contributed by atoms with Crippen molar-refractivity contribution in [3.05, 3.63) is 34.9 Å². The largest absolute Gasteiger partial charge is 0.384 e. The fourth-order valence-electron chi connectivity index (χ4n) is 4.06. The molecule has 2 N–H and O–H groups in total. The molecule has 2 aliphatic heterocycles. The van der Waals surface area contributed by atoms with Gasteiger partial charge in [0.15, 0.2) is 0 Å². The topological polar surface area (TPSA) is 62.8 Å². The number of hydrogen-bond donors (Lipinski definition) is 2. The van der Waals surface area contributed by atoms with Crippen LogP contribution in [-0.4, -0.2) is 70.5 Å². The molecule has 150 valence electrons. The Labute approximate surface area is 166 Å². The van der Waals surface area contributed by atoms with E-state index >= 15 is 0 Å². The van der Waals surface area contributed by atoms with Crippen LogP contribution in [0.4, 0.5) is 0 Å². The van der Waals surface area contributed by atoms with Gasteiger partial charge in [-0.2, -0.15) is 0 Å². The minimum Gasteiger partial charge on any atom is -0.384 e. The van der Waals surface area contributed by atoms with Crippen molar-refractivity contribution >= 4 is 17.5 Å². The second-order valence-electron chi connectivity index (χ2n) is 7.39. The van der Waals surface area contributed by atoms with E-state index in [1.54, 1.807) is 7.11 Å². The Morgan fingerprint density at radius 3 is 2.78 bits per heavy atom. The van der Waals surface area contributed by atoms with Gasteiger partial charge >= 0.3 is 0 Å². The predicted octanol–water partition coefficient (Wildman–Crippen LogP) is 1.85. The molecular weight excluding hydrogens is 366 g/mol. The monoisotopic (exact) mass is 395 g/mol. The summed E-state index contributed by atoms with van der Waals surface area (Å²) in [5.41, 5.74) is 0.681. The Bertz CT molecular complexity index is 611. The summed E-state index contributed by atoms with van der Waals surface area (Å²) >= 11 is 6.22. The van der Waals surface area contributed by atoms with Crippen LogP contribution < -0.4 is 10.6 Å². The lowest BCUT2D eigenvalue weighted by Crippen LogP contribution is -2.52. The van der Waals surface area contributed by atoms with E-state index in [0.717, 1.165) is 44.6 Å². The molecule has 2 heterocycles. The first-order chi connectivity index (χ1) is 13.1. The molecule has 1 unspecified atom stereocenters. The zero-order valence-electron chi connectivity index (χ0n) is 16.0. The number of halogens is 1. The number of piperidine rings is 1. The molecule has 2 aliphatic rings. The molecule has 2 fully saturated rings. The molecule has 1 aromatic rings. The standard InChI is InChI=1S/C20H30ClN3O3/c1-26-15-20(5-7-22-8-6-20)19(25)23-14-18(24-9-11-27-12-10-24)16-3-2-4-17(21)13-16/h2-4,13,18,22H,5-12,14-15H2,1H3,(H,23,25). The average Bonchev–Trinajstić information content (AvgIpc) is 2.70. The molecule has 2 saturated heterocycles. The van der Waals surface area contributed by atoms with Crippen LogP contribution in [0, 0.1) is 5.41 Å². The number of ether oxygens (including phenoxy) is 2. The minimum absolute atomic E-state index is 0.0814. The van der Waals surface area contributed by atoms with Crippen molar-refractivity contribution in [2.45, 2.75) is 18.9 Å². The lowest BCUT2D eigenvalue weighted by atomic mass is 9.78. The molecule has 27 heavy (non-hydrogen) atoms. The Morgan fingerprint density at radius 1 is 1.37 bits per heavy atom. The minimum atomic E-state index is -0.441.